The van der Waals surface area contributed by atoms with Crippen LogP contribution in [0.5, 0.6) is 0 Å². The van der Waals surface area contributed by atoms with Crippen LogP contribution in [0, 0.1) is 5.92 Å². The van der Waals surface area contributed by atoms with Crippen molar-refractivity contribution >= 4 is 6.09 Å². The van der Waals surface area contributed by atoms with Crippen LogP contribution in [0.3, 0.4) is 0 Å². The minimum atomic E-state index is -0.448. The zero-order valence-electron chi connectivity index (χ0n) is 15.4. The predicted octanol–water partition coefficient (Wildman–Crippen LogP) is 3.23. The predicted molar refractivity (Wildman–Crippen MR) is 91.5 cm³/mol. The highest BCUT2D eigenvalue weighted by Crippen LogP contribution is 2.25. The van der Waals surface area contributed by atoms with Gasteiger partial charge in [-0.2, -0.15) is 0 Å². The molecule has 0 bridgehead atoms. The Labute approximate surface area is 140 Å². The lowest BCUT2D eigenvalue weighted by Gasteiger charge is -2.35. The fourth-order valence-corrected chi connectivity index (χ4v) is 3.54. The van der Waals surface area contributed by atoms with Gasteiger partial charge in [0.1, 0.15) is 5.60 Å². The van der Waals surface area contributed by atoms with Gasteiger partial charge in [-0.25, -0.2) is 4.79 Å². The standard InChI is InChI=1S/C18H34N2O3/c1-12(2)16-11-13(9-10-22-16)19-14-7-6-8-15(14)20-17(21)23-18(3,4)5/h12-16,19H,6-11H2,1-5H3,(H,20,21). The number of hydrogen-bond acceptors (Lipinski definition) is 4. The number of ether oxygens (including phenoxy) is 2. The number of hydrogen-bond donors (Lipinski definition) is 2. The minimum absolute atomic E-state index is 0.171. The normalized spacial score (nSPS) is 32.1. The van der Waals surface area contributed by atoms with Crippen LogP contribution >= 0.6 is 0 Å². The van der Waals surface area contributed by atoms with Crippen molar-refractivity contribution < 1.29 is 14.3 Å². The maximum Gasteiger partial charge on any atom is 0.407 e. The van der Waals surface area contributed by atoms with Crippen LogP contribution in [0.1, 0.15) is 66.7 Å². The summed E-state index contributed by atoms with van der Waals surface area (Å²) in [5.74, 6) is 0.555. The molecule has 4 unspecified atom stereocenters. The molecule has 1 heterocycles. The molecule has 0 spiro atoms. The molecule has 1 aliphatic carbocycles. The molecule has 5 nitrogen and oxygen atoms in total. The smallest absolute Gasteiger partial charge is 0.407 e. The summed E-state index contributed by atoms with van der Waals surface area (Å²) in [5.41, 5.74) is -0.448. The van der Waals surface area contributed by atoms with E-state index in [1.165, 1.54) is 0 Å². The highest BCUT2D eigenvalue weighted by Gasteiger charge is 2.33. The number of rotatable bonds is 4. The molecule has 134 valence electrons. The second-order valence-corrected chi connectivity index (χ2v) is 8.33. The van der Waals surface area contributed by atoms with Crippen LogP contribution < -0.4 is 10.6 Å². The summed E-state index contributed by atoms with van der Waals surface area (Å²) in [7, 11) is 0. The Morgan fingerprint density at radius 1 is 1.17 bits per heavy atom. The van der Waals surface area contributed by atoms with Gasteiger partial charge in [0.15, 0.2) is 0 Å². The third-order valence-corrected chi connectivity index (χ3v) is 4.73. The van der Waals surface area contributed by atoms with Crippen LogP contribution in [0.4, 0.5) is 4.79 Å². The molecule has 1 saturated heterocycles. The summed E-state index contributed by atoms with van der Waals surface area (Å²) in [6, 6.07) is 1.01. The lowest BCUT2D eigenvalue weighted by atomic mass is 9.94. The van der Waals surface area contributed by atoms with Gasteiger partial charge in [-0.15, -0.1) is 0 Å². The molecular weight excluding hydrogens is 292 g/mol. The molecule has 1 amide bonds. The second-order valence-electron chi connectivity index (χ2n) is 8.33. The number of alkyl carbamates (subject to hydrolysis) is 1. The van der Waals surface area contributed by atoms with Gasteiger partial charge < -0.3 is 20.1 Å². The van der Waals surface area contributed by atoms with E-state index in [4.69, 9.17) is 9.47 Å². The van der Waals surface area contributed by atoms with Crippen LogP contribution in [0.15, 0.2) is 0 Å². The Morgan fingerprint density at radius 2 is 1.87 bits per heavy atom. The molecule has 2 N–H and O–H groups in total. The van der Waals surface area contributed by atoms with Gasteiger partial charge in [0.2, 0.25) is 0 Å². The van der Waals surface area contributed by atoms with Gasteiger partial charge in [0.05, 0.1) is 6.10 Å². The van der Waals surface area contributed by atoms with Gasteiger partial charge >= 0.3 is 6.09 Å². The Bertz CT molecular complexity index is 392. The van der Waals surface area contributed by atoms with E-state index in [9.17, 15) is 4.79 Å². The van der Waals surface area contributed by atoms with Crippen molar-refractivity contribution in [2.75, 3.05) is 6.61 Å². The average Bonchev–Trinajstić information content (AvgIpc) is 2.84. The Kier molecular flexibility index (Phi) is 6.32. The highest BCUT2D eigenvalue weighted by molar-refractivity contribution is 5.68. The van der Waals surface area contributed by atoms with Crippen molar-refractivity contribution in [2.24, 2.45) is 5.92 Å². The molecule has 23 heavy (non-hydrogen) atoms. The van der Waals surface area contributed by atoms with Crippen molar-refractivity contribution in [1.29, 1.82) is 0 Å². The van der Waals surface area contributed by atoms with E-state index in [1.807, 2.05) is 20.8 Å². The van der Waals surface area contributed by atoms with E-state index in [2.05, 4.69) is 24.5 Å². The molecule has 0 radical (unpaired) electrons. The summed E-state index contributed by atoms with van der Waals surface area (Å²) in [6.45, 7) is 10.9. The number of carbonyl (C=O) groups is 1. The van der Waals surface area contributed by atoms with Crippen LogP contribution in [0.2, 0.25) is 0 Å². The van der Waals surface area contributed by atoms with E-state index in [0.717, 1.165) is 38.7 Å². The molecule has 1 saturated carbocycles. The van der Waals surface area contributed by atoms with E-state index in [1.54, 1.807) is 0 Å². The molecule has 1 aliphatic heterocycles. The number of nitrogens with one attached hydrogen (secondary N) is 2. The largest absolute Gasteiger partial charge is 0.444 e. The van der Waals surface area contributed by atoms with E-state index in [0.29, 0.717) is 24.1 Å². The molecule has 0 aromatic carbocycles. The quantitative estimate of drug-likeness (QED) is 0.833. The van der Waals surface area contributed by atoms with Crippen molar-refractivity contribution in [3.05, 3.63) is 0 Å². The zero-order chi connectivity index (χ0) is 17.0. The van der Waals surface area contributed by atoms with Crippen molar-refractivity contribution in [3.63, 3.8) is 0 Å². The third kappa shape index (κ3) is 5.96. The number of amides is 1. The van der Waals surface area contributed by atoms with Gasteiger partial charge in [0.25, 0.3) is 0 Å². The molecule has 4 atom stereocenters. The minimum Gasteiger partial charge on any atom is -0.444 e. The maximum absolute atomic E-state index is 12.0. The molecule has 2 fully saturated rings. The monoisotopic (exact) mass is 326 g/mol. The van der Waals surface area contributed by atoms with Gasteiger partial charge in [-0.05, 0) is 58.8 Å². The topological polar surface area (TPSA) is 59.6 Å². The van der Waals surface area contributed by atoms with E-state index in [-0.39, 0.29) is 12.1 Å². The van der Waals surface area contributed by atoms with Crippen molar-refractivity contribution in [2.45, 2.75) is 96.6 Å². The summed E-state index contributed by atoms with van der Waals surface area (Å²) in [4.78, 5) is 12.0. The van der Waals surface area contributed by atoms with Crippen LogP contribution in [-0.4, -0.2) is 42.5 Å². The zero-order valence-corrected chi connectivity index (χ0v) is 15.4. The maximum atomic E-state index is 12.0. The first kappa shape index (κ1) is 18.5. The Balaban J connectivity index is 1.83. The molecule has 2 rings (SSSR count). The first-order valence-corrected chi connectivity index (χ1v) is 9.12. The third-order valence-electron chi connectivity index (χ3n) is 4.73. The molecule has 2 aliphatic rings. The van der Waals surface area contributed by atoms with Crippen LogP contribution in [-0.2, 0) is 9.47 Å². The second kappa shape index (κ2) is 7.84. The first-order chi connectivity index (χ1) is 10.7. The number of carbonyl (C=O) groups excluding carboxylic acids is 1. The molecule has 0 aromatic rings. The van der Waals surface area contributed by atoms with Gasteiger partial charge in [-0.1, -0.05) is 13.8 Å². The molecule has 5 heteroatoms. The first-order valence-electron chi connectivity index (χ1n) is 9.12. The summed E-state index contributed by atoms with van der Waals surface area (Å²) in [6.07, 6.45) is 5.45. The highest BCUT2D eigenvalue weighted by atomic mass is 16.6. The summed E-state index contributed by atoms with van der Waals surface area (Å²) in [5, 5.41) is 6.82. The van der Waals surface area contributed by atoms with E-state index >= 15 is 0 Å². The SMILES string of the molecule is CC(C)C1CC(NC2CCCC2NC(=O)OC(C)(C)C)CCO1. The fraction of sp³-hybridized carbons (Fsp3) is 0.944. The average molecular weight is 326 g/mol. The van der Waals surface area contributed by atoms with Gasteiger partial charge in [-0.3, -0.25) is 0 Å². The van der Waals surface area contributed by atoms with Crippen molar-refractivity contribution in [3.8, 4) is 0 Å². The summed E-state index contributed by atoms with van der Waals surface area (Å²) < 4.78 is 11.2. The fourth-order valence-electron chi connectivity index (χ4n) is 3.54. The molecular formula is C18H34N2O3. The Morgan fingerprint density at radius 3 is 2.52 bits per heavy atom. The molecule has 0 aromatic heterocycles. The summed E-state index contributed by atoms with van der Waals surface area (Å²) >= 11 is 0. The van der Waals surface area contributed by atoms with Gasteiger partial charge in [0, 0.05) is 24.7 Å². The lowest BCUT2D eigenvalue weighted by Crippen LogP contribution is -2.52. The lowest BCUT2D eigenvalue weighted by molar-refractivity contribution is -0.0263. The van der Waals surface area contributed by atoms with Crippen LogP contribution in [0.25, 0.3) is 0 Å². The Hall–Kier alpha value is -0.810. The van der Waals surface area contributed by atoms with Crippen molar-refractivity contribution in [1.82, 2.24) is 10.6 Å². The van der Waals surface area contributed by atoms with E-state index < -0.39 is 5.60 Å².